The molecule has 0 aliphatic carbocycles. The molecule has 1 aromatic heterocycles. The summed E-state index contributed by atoms with van der Waals surface area (Å²) in [6, 6.07) is 11.9. The van der Waals surface area contributed by atoms with Crippen LogP contribution in [-0.4, -0.2) is 52.2 Å². The van der Waals surface area contributed by atoms with E-state index in [4.69, 9.17) is 14.2 Å². The molecule has 2 aliphatic heterocycles. The predicted molar refractivity (Wildman–Crippen MR) is 134 cm³/mol. The van der Waals surface area contributed by atoms with E-state index in [2.05, 4.69) is 5.10 Å². The number of nitrogens with zero attached hydrogens (tertiary/aromatic N) is 3. The van der Waals surface area contributed by atoms with Crippen LogP contribution in [0.3, 0.4) is 0 Å². The first-order valence-corrected chi connectivity index (χ1v) is 12.7. The Labute approximate surface area is 222 Å². The minimum absolute atomic E-state index is 0.0763. The number of carbonyl (C=O) groups is 2. The molecule has 9 nitrogen and oxygen atoms in total. The fraction of sp³-hybridized carbons (Fsp3) is 0.357. The smallest absolute Gasteiger partial charge is 0.448 e. The molecule has 5 rings (SSSR count). The molecule has 1 saturated heterocycles. The van der Waals surface area contributed by atoms with Crippen LogP contribution in [0.15, 0.2) is 59.5 Å². The van der Waals surface area contributed by atoms with Crippen LogP contribution >= 0.6 is 0 Å². The molecular weight excluding hydrogens is 512 g/mol. The van der Waals surface area contributed by atoms with E-state index < -0.39 is 53.4 Å². The zero-order valence-electron chi connectivity index (χ0n) is 21.4. The standard InChI is InChI=1S/C28H27F2N3O6/c1-3-37-28(36)39-16(2)38-26-21(34)15-31-33-24(20-13-8-14-32(20)27(35)25(26)33)22(17-9-5-4-6-10-17)18-11-7-12-19(29)23(18)30/h4-7,9-12,15-16,20,22,24H,3,8,13-14H2,1-2H3/t16?,20-,22?,24-/m1/s1. The van der Waals surface area contributed by atoms with E-state index in [9.17, 15) is 18.8 Å². The summed E-state index contributed by atoms with van der Waals surface area (Å²) in [4.78, 5) is 40.1. The molecule has 39 heavy (non-hydrogen) atoms. The highest BCUT2D eigenvalue weighted by molar-refractivity contribution is 5.96. The summed E-state index contributed by atoms with van der Waals surface area (Å²) in [6.07, 6.45) is 0.0181. The van der Waals surface area contributed by atoms with Crippen molar-refractivity contribution >= 4 is 12.1 Å². The summed E-state index contributed by atoms with van der Waals surface area (Å²) in [5.41, 5.74) is -0.0670. The SMILES string of the molecule is CCOC(=O)OC(C)Oc1c2n(ncc1=O)[C@@H](C(c1ccccc1)c1cccc(F)c1F)[C@H]1CCCN1C2=O. The average Bonchev–Trinajstić information content (AvgIpc) is 3.41. The predicted octanol–water partition coefficient (Wildman–Crippen LogP) is 4.41. The number of aromatic nitrogens is 2. The Kier molecular flexibility index (Phi) is 7.32. The lowest BCUT2D eigenvalue weighted by Crippen LogP contribution is -2.51. The van der Waals surface area contributed by atoms with Gasteiger partial charge in [0, 0.05) is 24.9 Å². The summed E-state index contributed by atoms with van der Waals surface area (Å²) in [5, 5.41) is 4.32. The summed E-state index contributed by atoms with van der Waals surface area (Å²) >= 11 is 0. The maximum absolute atomic E-state index is 15.4. The van der Waals surface area contributed by atoms with Gasteiger partial charge in [-0.05, 0) is 31.4 Å². The topological polar surface area (TPSA) is 100.0 Å². The Morgan fingerprint density at radius 3 is 2.64 bits per heavy atom. The number of hydrogen-bond acceptors (Lipinski definition) is 7. The molecule has 1 amide bonds. The molecule has 3 aromatic rings. The van der Waals surface area contributed by atoms with Gasteiger partial charge in [0.05, 0.1) is 24.9 Å². The van der Waals surface area contributed by atoms with Gasteiger partial charge in [0.2, 0.25) is 17.5 Å². The van der Waals surface area contributed by atoms with Gasteiger partial charge in [-0.1, -0.05) is 42.5 Å². The van der Waals surface area contributed by atoms with E-state index in [1.165, 1.54) is 23.7 Å². The molecule has 204 valence electrons. The number of hydrogen-bond donors (Lipinski definition) is 0. The fourth-order valence-electron chi connectivity index (χ4n) is 5.51. The van der Waals surface area contributed by atoms with Crippen LogP contribution in [0.25, 0.3) is 0 Å². The van der Waals surface area contributed by atoms with Crippen LogP contribution in [0.4, 0.5) is 13.6 Å². The van der Waals surface area contributed by atoms with Gasteiger partial charge in [-0.3, -0.25) is 14.3 Å². The van der Waals surface area contributed by atoms with Crippen LogP contribution in [-0.2, 0) is 9.47 Å². The average molecular weight is 540 g/mol. The zero-order valence-corrected chi connectivity index (χ0v) is 21.4. The summed E-state index contributed by atoms with van der Waals surface area (Å²) in [6.45, 7) is 3.47. The highest BCUT2D eigenvalue weighted by Crippen LogP contribution is 2.46. The number of benzene rings is 2. The number of carbonyl (C=O) groups excluding carboxylic acids is 2. The number of halogens is 2. The molecule has 2 aromatic carbocycles. The van der Waals surface area contributed by atoms with Gasteiger partial charge in [-0.2, -0.15) is 5.10 Å². The van der Waals surface area contributed by atoms with Crippen molar-refractivity contribution in [3.8, 4) is 5.75 Å². The lowest BCUT2D eigenvalue weighted by molar-refractivity contribution is -0.0534. The van der Waals surface area contributed by atoms with Crippen molar-refractivity contribution in [3.63, 3.8) is 0 Å². The minimum Gasteiger partial charge on any atom is -0.448 e. The lowest BCUT2D eigenvalue weighted by atomic mass is 9.79. The molecule has 0 radical (unpaired) electrons. The fourth-order valence-corrected chi connectivity index (χ4v) is 5.51. The van der Waals surface area contributed by atoms with E-state index in [0.717, 1.165) is 12.3 Å². The minimum atomic E-state index is -1.27. The van der Waals surface area contributed by atoms with Gasteiger partial charge in [0.1, 0.15) is 0 Å². The van der Waals surface area contributed by atoms with Crippen LogP contribution in [0, 0.1) is 11.6 Å². The number of amides is 1. The Balaban J connectivity index is 1.68. The number of ether oxygens (including phenoxy) is 3. The third-order valence-corrected chi connectivity index (χ3v) is 7.03. The Morgan fingerprint density at radius 2 is 1.90 bits per heavy atom. The van der Waals surface area contributed by atoms with E-state index in [-0.39, 0.29) is 23.6 Å². The van der Waals surface area contributed by atoms with Crippen LogP contribution in [0.2, 0.25) is 0 Å². The monoisotopic (exact) mass is 539 g/mol. The van der Waals surface area contributed by atoms with Gasteiger partial charge in [0.15, 0.2) is 17.3 Å². The van der Waals surface area contributed by atoms with Crippen LogP contribution < -0.4 is 10.2 Å². The van der Waals surface area contributed by atoms with E-state index >= 15 is 4.39 Å². The molecule has 3 heterocycles. The molecule has 0 saturated carbocycles. The Morgan fingerprint density at radius 1 is 1.13 bits per heavy atom. The molecule has 0 bridgehead atoms. The zero-order chi connectivity index (χ0) is 27.7. The second-order valence-corrected chi connectivity index (χ2v) is 9.35. The molecule has 1 fully saturated rings. The first-order chi connectivity index (χ1) is 18.8. The molecule has 2 unspecified atom stereocenters. The molecule has 4 atom stereocenters. The van der Waals surface area contributed by atoms with Gasteiger partial charge in [-0.25, -0.2) is 13.6 Å². The Bertz CT molecular complexity index is 1450. The molecular formula is C28H27F2N3O6. The highest BCUT2D eigenvalue weighted by atomic mass is 19.2. The van der Waals surface area contributed by atoms with E-state index in [1.54, 1.807) is 36.1 Å². The molecule has 0 spiro atoms. The van der Waals surface area contributed by atoms with Crippen molar-refractivity contribution in [1.82, 2.24) is 14.7 Å². The Hall–Kier alpha value is -4.28. The number of fused-ring (bicyclic) bond motifs is 2. The van der Waals surface area contributed by atoms with Crippen molar-refractivity contribution in [2.24, 2.45) is 0 Å². The first kappa shape index (κ1) is 26.3. The summed E-state index contributed by atoms with van der Waals surface area (Å²) < 4.78 is 46.7. The third-order valence-electron chi connectivity index (χ3n) is 7.03. The van der Waals surface area contributed by atoms with Crippen molar-refractivity contribution in [1.29, 1.82) is 0 Å². The van der Waals surface area contributed by atoms with E-state index in [0.29, 0.717) is 24.9 Å². The third kappa shape index (κ3) is 4.84. The van der Waals surface area contributed by atoms with Gasteiger partial charge in [-0.15, -0.1) is 0 Å². The van der Waals surface area contributed by atoms with Gasteiger partial charge >= 0.3 is 6.16 Å². The maximum Gasteiger partial charge on any atom is 0.511 e. The van der Waals surface area contributed by atoms with Crippen LogP contribution in [0.5, 0.6) is 5.75 Å². The first-order valence-electron chi connectivity index (χ1n) is 12.7. The van der Waals surface area contributed by atoms with Crippen molar-refractivity contribution in [2.75, 3.05) is 13.2 Å². The van der Waals surface area contributed by atoms with Crippen molar-refractivity contribution in [3.05, 3.63) is 93.4 Å². The summed E-state index contributed by atoms with van der Waals surface area (Å²) in [5.74, 6) is -3.60. The maximum atomic E-state index is 15.4. The molecule has 2 aliphatic rings. The number of rotatable bonds is 7. The van der Waals surface area contributed by atoms with Gasteiger partial charge in [0.25, 0.3) is 5.91 Å². The largest absolute Gasteiger partial charge is 0.511 e. The molecule has 0 N–H and O–H groups in total. The second-order valence-electron chi connectivity index (χ2n) is 9.35. The van der Waals surface area contributed by atoms with Gasteiger partial charge < -0.3 is 19.1 Å². The molecule has 11 heteroatoms. The van der Waals surface area contributed by atoms with Crippen LogP contribution in [0.1, 0.15) is 60.3 Å². The highest BCUT2D eigenvalue weighted by Gasteiger charge is 2.49. The van der Waals surface area contributed by atoms with Crippen molar-refractivity contribution in [2.45, 2.75) is 51.0 Å². The normalized spacial score (nSPS) is 19.6. The van der Waals surface area contributed by atoms with Crippen molar-refractivity contribution < 1.29 is 32.6 Å². The quantitative estimate of drug-likeness (QED) is 0.324. The lowest BCUT2D eigenvalue weighted by Gasteiger charge is -2.43. The summed E-state index contributed by atoms with van der Waals surface area (Å²) in [7, 11) is 0. The van der Waals surface area contributed by atoms with E-state index in [1.807, 2.05) is 6.07 Å². The second kappa shape index (κ2) is 10.8.